The van der Waals surface area contributed by atoms with Crippen LogP contribution in [-0.4, -0.2) is 31.7 Å². The Morgan fingerprint density at radius 2 is 2.15 bits per heavy atom. The van der Waals surface area contributed by atoms with E-state index in [0.29, 0.717) is 0 Å². The Hall–Kier alpha value is -1.90. The van der Waals surface area contributed by atoms with Gasteiger partial charge in [0.05, 0.1) is 6.61 Å². The topological polar surface area (TPSA) is 99.0 Å². The normalized spacial score (nSPS) is 12.6. The van der Waals surface area contributed by atoms with Crippen molar-refractivity contribution in [3.8, 4) is 0 Å². The molecule has 0 amide bonds. The van der Waals surface area contributed by atoms with Gasteiger partial charge >= 0.3 is 11.7 Å². The van der Waals surface area contributed by atoms with Crippen LogP contribution in [0.4, 0.5) is 0 Å². The minimum atomic E-state index is -0.743. The molecule has 2 aromatic heterocycles. The molecule has 0 aromatic carbocycles. The molecular weight excluding hydrogens is 332 g/mol. The third-order valence-electron chi connectivity index (χ3n) is 2.92. The summed E-state index contributed by atoms with van der Waals surface area (Å²) >= 11 is 3.20. The third-order valence-corrected chi connectivity index (χ3v) is 3.48. The Labute approximate surface area is 121 Å². The fourth-order valence-corrected chi connectivity index (χ4v) is 2.55. The van der Waals surface area contributed by atoms with Crippen molar-refractivity contribution < 1.29 is 9.53 Å². The van der Waals surface area contributed by atoms with Crippen LogP contribution in [-0.2, 0) is 16.6 Å². The number of fused-ring (bicyclic) bond motifs is 1. The van der Waals surface area contributed by atoms with E-state index in [-0.39, 0.29) is 22.5 Å². The van der Waals surface area contributed by atoms with Crippen LogP contribution in [0.5, 0.6) is 0 Å². The summed E-state index contributed by atoms with van der Waals surface area (Å²) in [5, 5.41) is 0. The van der Waals surface area contributed by atoms with Gasteiger partial charge in [-0.05, 0) is 29.8 Å². The second kappa shape index (κ2) is 5.23. The zero-order valence-corrected chi connectivity index (χ0v) is 12.7. The van der Waals surface area contributed by atoms with Crippen molar-refractivity contribution in [1.29, 1.82) is 0 Å². The number of nitrogens with zero attached hydrogens (tertiary/aromatic N) is 3. The second-order valence-electron chi connectivity index (χ2n) is 4.17. The molecule has 1 atom stereocenters. The van der Waals surface area contributed by atoms with E-state index < -0.39 is 23.3 Å². The molecule has 1 N–H and O–H groups in total. The number of hydrogen-bond acceptors (Lipinski definition) is 5. The van der Waals surface area contributed by atoms with Gasteiger partial charge in [-0.3, -0.25) is 18.9 Å². The predicted octanol–water partition coefficient (Wildman–Crippen LogP) is 0.310. The molecule has 0 radical (unpaired) electrons. The molecule has 0 spiro atoms. The standard InChI is InChI=1S/C11H13BrN4O4/c1-4-20-9(18)5(2)16-6-7(13-10(16)12)15(3)11(19)14-8(6)17/h5H,4H2,1-3H3,(H,14,17,19). The lowest BCUT2D eigenvalue weighted by Gasteiger charge is -2.13. The molecule has 0 saturated carbocycles. The van der Waals surface area contributed by atoms with Crippen LogP contribution in [0.25, 0.3) is 11.2 Å². The maximum Gasteiger partial charge on any atom is 0.329 e. The van der Waals surface area contributed by atoms with Gasteiger partial charge in [-0.25, -0.2) is 14.6 Å². The molecule has 0 fully saturated rings. The first-order chi connectivity index (χ1) is 9.38. The van der Waals surface area contributed by atoms with E-state index in [2.05, 4.69) is 25.9 Å². The van der Waals surface area contributed by atoms with E-state index in [9.17, 15) is 14.4 Å². The summed E-state index contributed by atoms with van der Waals surface area (Å²) in [6.45, 7) is 3.53. The van der Waals surface area contributed by atoms with Crippen LogP contribution in [0.2, 0.25) is 0 Å². The smallest absolute Gasteiger partial charge is 0.329 e. The quantitative estimate of drug-likeness (QED) is 0.638. The first kappa shape index (κ1) is 14.5. The minimum Gasteiger partial charge on any atom is -0.464 e. The van der Waals surface area contributed by atoms with Gasteiger partial charge in [0.2, 0.25) is 0 Å². The molecule has 1 unspecified atom stereocenters. The number of H-pyrrole nitrogens is 1. The maximum absolute atomic E-state index is 12.0. The highest BCUT2D eigenvalue weighted by Gasteiger charge is 2.24. The van der Waals surface area contributed by atoms with E-state index in [1.807, 2.05) is 0 Å². The van der Waals surface area contributed by atoms with Crippen LogP contribution in [0, 0.1) is 0 Å². The number of aromatic amines is 1. The molecule has 0 aliphatic heterocycles. The lowest BCUT2D eigenvalue weighted by atomic mass is 10.3. The zero-order valence-electron chi connectivity index (χ0n) is 11.1. The van der Waals surface area contributed by atoms with Gasteiger partial charge in [0, 0.05) is 7.05 Å². The molecule has 0 aliphatic rings. The number of aromatic nitrogens is 4. The van der Waals surface area contributed by atoms with Crippen molar-refractivity contribution in [3.63, 3.8) is 0 Å². The van der Waals surface area contributed by atoms with Gasteiger partial charge in [-0.2, -0.15) is 0 Å². The number of rotatable bonds is 3. The number of imidazole rings is 1. The zero-order chi connectivity index (χ0) is 15.0. The summed E-state index contributed by atoms with van der Waals surface area (Å²) in [5.41, 5.74) is -0.831. The molecule has 9 heteroatoms. The molecule has 0 bridgehead atoms. The first-order valence-corrected chi connectivity index (χ1v) is 6.71. The molecule has 2 heterocycles. The van der Waals surface area contributed by atoms with E-state index in [1.54, 1.807) is 13.8 Å². The predicted molar refractivity (Wildman–Crippen MR) is 74.6 cm³/mol. The summed E-state index contributed by atoms with van der Waals surface area (Å²) < 4.78 is 7.81. The van der Waals surface area contributed by atoms with Crippen LogP contribution in [0.15, 0.2) is 14.3 Å². The molecule has 0 aliphatic carbocycles. The maximum atomic E-state index is 12.0. The Bertz CT molecular complexity index is 788. The van der Waals surface area contributed by atoms with Crippen molar-refractivity contribution in [3.05, 3.63) is 25.6 Å². The number of ether oxygens (including phenoxy) is 1. The van der Waals surface area contributed by atoms with E-state index in [4.69, 9.17) is 4.74 Å². The van der Waals surface area contributed by atoms with Gasteiger partial charge in [0.25, 0.3) is 5.56 Å². The van der Waals surface area contributed by atoms with Crippen molar-refractivity contribution in [2.24, 2.45) is 7.05 Å². The number of carbonyl (C=O) groups excluding carboxylic acids is 1. The molecule has 2 rings (SSSR count). The third kappa shape index (κ3) is 2.17. The Morgan fingerprint density at radius 1 is 1.50 bits per heavy atom. The highest BCUT2D eigenvalue weighted by molar-refractivity contribution is 9.10. The summed E-state index contributed by atoms with van der Waals surface area (Å²) in [6, 6.07) is -0.743. The Kier molecular flexibility index (Phi) is 3.80. The summed E-state index contributed by atoms with van der Waals surface area (Å²) in [7, 11) is 1.49. The highest BCUT2D eigenvalue weighted by atomic mass is 79.9. The van der Waals surface area contributed by atoms with Gasteiger partial charge < -0.3 is 4.74 Å². The number of halogens is 1. The summed E-state index contributed by atoms with van der Waals surface area (Å²) in [6.07, 6.45) is 0. The molecule has 8 nitrogen and oxygen atoms in total. The minimum absolute atomic E-state index is 0.138. The first-order valence-electron chi connectivity index (χ1n) is 5.91. The molecule has 20 heavy (non-hydrogen) atoms. The van der Waals surface area contributed by atoms with Gasteiger partial charge in [-0.1, -0.05) is 0 Å². The SMILES string of the molecule is CCOC(=O)C(C)n1c(Br)nc2c1c(=O)[nH]c(=O)n2C. The fourth-order valence-electron chi connectivity index (χ4n) is 1.90. The number of hydrogen-bond donors (Lipinski definition) is 1. The largest absolute Gasteiger partial charge is 0.464 e. The lowest BCUT2D eigenvalue weighted by Crippen LogP contribution is -2.30. The van der Waals surface area contributed by atoms with Crippen LogP contribution in [0.3, 0.4) is 0 Å². The van der Waals surface area contributed by atoms with Gasteiger partial charge in [0.15, 0.2) is 15.9 Å². The summed E-state index contributed by atoms with van der Waals surface area (Å²) in [4.78, 5) is 41.6. The van der Waals surface area contributed by atoms with Crippen molar-refractivity contribution in [2.45, 2.75) is 19.9 Å². The van der Waals surface area contributed by atoms with Crippen molar-refractivity contribution in [2.75, 3.05) is 6.61 Å². The van der Waals surface area contributed by atoms with E-state index in [1.165, 1.54) is 16.2 Å². The fraction of sp³-hybridized carbons (Fsp3) is 0.455. The number of carbonyl (C=O) groups is 1. The van der Waals surface area contributed by atoms with Gasteiger partial charge in [0.1, 0.15) is 6.04 Å². The van der Waals surface area contributed by atoms with Crippen LogP contribution < -0.4 is 11.2 Å². The van der Waals surface area contributed by atoms with E-state index in [0.717, 1.165) is 0 Å². The average Bonchev–Trinajstić information content (AvgIpc) is 2.73. The average molecular weight is 345 g/mol. The number of nitrogens with one attached hydrogen (secondary N) is 1. The molecular formula is C11H13BrN4O4. The molecule has 2 aromatic rings. The van der Waals surface area contributed by atoms with E-state index >= 15 is 0 Å². The van der Waals surface area contributed by atoms with Crippen LogP contribution in [0.1, 0.15) is 19.9 Å². The van der Waals surface area contributed by atoms with Gasteiger partial charge in [-0.15, -0.1) is 0 Å². The lowest BCUT2D eigenvalue weighted by molar-refractivity contribution is -0.146. The summed E-state index contributed by atoms with van der Waals surface area (Å²) in [5.74, 6) is -0.485. The Morgan fingerprint density at radius 3 is 2.75 bits per heavy atom. The highest BCUT2D eigenvalue weighted by Crippen LogP contribution is 2.22. The number of esters is 1. The monoisotopic (exact) mass is 344 g/mol. The molecule has 108 valence electrons. The van der Waals surface area contributed by atoms with Crippen molar-refractivity contribution >= 4 is 33.1 Å². The Balaban J connectivity index is 2.75. The van der Waals surface area contributed by atoms with Crippen LogP contribution >= 0.6 is 15.9 Å². The second-order valence-corrected chi connectivity index (χ2v) is 4.88. The van der Waals surface area contributed by atoms with Crippen molar-refractivity contribution in [1.82, 2.24) is 19.1 Å². The molecule has 0 saturated heterocycles. The number of aryl methyl sites for hydroxylation is 1.